The van der Waals surface area contributed by atoms with Gasteiger partial charge in [-0.1, -0.05) is 0 Å². The number of carboxylic acid groups (broad SMARTS) is 1. The molecule has 0 bridgehead atoms. The van der Waals surface area contributed by atoms with E-state index in [-0.39, 0.29) is 13.0 Å². The number of urea groups is 1. The Balaban J connectivity index is 1.95. The van der Waals surface area contributed by atoms with Crippen molar-refractivity contribution in [3.63, 3.8) is 0 Å². The molecule has 1 aliphatic heterocycles. The molecule has 0 radical (unpaired) electrons. The van der Waals surface area contributed by atoms with Gasteiger partial charge in [-0.3, -0.25) is 0 Å². The number of aryl methyl sites for hydroxylation is 2. The third kappa shape index (κ3) is 3.10. The Morgan fingerprint density at radius 1 is 1.50 bits per heavy atom. The first-order valence-electron chi connectivity index (χ1n) is 6.39. The highest BCUT2D eigenvalue weighted by Gasteiger charge is 2.38. The highest BCUT2D eigenvalue weighted by molar-refractivity contribution is 7.12. The van der Waals surface area contributed by atoms with E-state index in [4.69, 9.17) is 5.11 Å². The Kier molecular flexibility index (Phi) is 4.29. The molecule has 2 atom stereocenters. The van der Waals surface area contributed by atoms with E-state index < -0.39 is 24.1 Å². The van der Waals surface area contributed by atoms with Crippen molar-refractivity contribution in [3.8, 4) is 0 Å². The fourth-order valence-corrected chi connectivity index (χ4v) is 3.27. The third-order valence-electron chi connectivity index (χ3n) is 3.46. The molecule has 0 spiro atoms. The number of aliphatic carboxylic acids is 1. The van der Waals surface area contributed by atoms with Crippen molar-refractivity contribution in [2.75, 3.05) is 6.54 Å². The van der Waals surface area contributed by atoms with Gasteiger partial charge in [-0.15, -0.1) is 11.3 Å². The number of thiophene rings is 1. The molecular formula is C13H18N2O4S. The molecule has 20 heavy (non-hydrogen) atoms. The summed E-state index contributed by atoms with van der Waals surface area (Å²) in [5.41, 5.74) is 1.18. The number of β-amino-alcohol motifs (C(OH)–C–C–N with tert-alkyl or cyclic N) is 1. The minimum Gasteiger partial charge on any atom is -0.480 e. The molecule has 1 fully saturated rings. The molecule has 110 valence electrons. The molecule has 1 aromatic heterocycles. The highest BCUT2D eigenvalue weighted by Crippen LogP contribution is 2.21. The van der Waals surface area contributed by atoms with Gasteiger partial charge >= 0.3 is 12.0 Å². The first kappa shape index (κ1) is 14.8. The molecule has 2 rings (SSSR count). The molecule has 0 unspecified atom stereocenters. The van der Waals surface area contributed by atoms with E-state index in [1.165, 1.54) is 15.3 Å². The topological polar surface area (TPSA) is 89.9 Å². The lowest BCUT2D eigenvalue weighted by atomic mass is 10.2. The summed E-state index contributed by atoms with van der Waals surface area (Å²) in [7, 11) is 0. The molecular weight excluding hydrogens is 280 g/mol. The maximum absolute atomic E-state index is 12.0. The molecule has 3 N–H and O–H groups in total. The van der Waals surface area contributed by atoms with E-state index in [0.717, 1.165) is 4.88 Å². The van der Waals surface area contributed by atoms with Crippen molar-refractivity contribution in [2.45, 2.75) is 39.0 Å². The largest absolute Gasteiger partial charge is 0.480 e. The zero-order valence-corrected chi connectivity index (χ0v) is 12.2. The van der Waals surface area contributed by atoms with Gasteiger partial charge in [0.25, 0.3) is 0 Å². The van der Waals surface area contributed by atoms with Crippen LogP contribution in [0.4, 0.5) is 4.79 Å². The number of hydrogen-bond donors (Lipinski definition) is 3. The van der Waals surface area contributed by atoms with E-state index in [9.17, 15) is 14.7 Å². The molecule has 1 saturated heterocycles. The van der Waals surface area contributed by atoms with E-state index in [0.29, 0.717) is 6.54 Å². The van der Waals surface area contributed by atoms with Gasteiger partial charge in [0.1, 0.15) is 6.04 Å². The van der Waals surface area contributed by atoms with Gasteiger partial charge in [0.15, 0.2) is 0 Å². The lowest BCUT2D eigenvalue weighted by molar-refractivity contribution is -0.141. The first-order chi connectivity index (χ1) is 9.38. The van der Waals surface area contributed by atoms with Gasteiger partial charge in [-0.05, 0) is 25.5 Å². The lowest BCUT2D eigenvalue weighted by Gasteiger charge is -2.21. The summed E-state index contributed by atoms with van der Waals surface area (Å²) in [4.78, 5) is 26.5. The fourth-order valence-electron chi connectivity index (χ4n) is 2.27. The van der Waals surface area contributed by atoms with Gasteiger partial charge < -0.3 is 20.4 Å². The zero-order valence-electron chi connectivity index (χ0n) is 11.4. The molecule has 2 heterocycles. The van der Waals surface area contributed by atoms with Crippen LogP contribution < -0.4 is 5.32 Å². The molecule has 1 aromatic rings. The van der Waals surface area contributed by atoms with Gasteiger partial charge in [0.2, 0.25) is 0 Å². The number of nitrogens with one attached hydrogen (secondary N) is 1. The number of nitrogens with zero attached hydrogens (tertiary/aromatic N) is 1. The van der Waals surface area contributed by atoms with Crippen LogP contribution in [0.5, 0.6) is 0 Å². The van der Waals surface area contributed by atoms with Crippen LogP contribution in [0.1, 0.15) is 21.7 Å². The van der Waals surface area contributed by atoms with E-state index in [1.54, 1.807) is 11.3 Å². The van der Waals surface area contributed by atoms with Crippen molar-refractivity contribution in [3.05, 3.63) is 21.4 Å². The van der Waals surface area contributed by atoms with Gasteiger partial charge in [-0.2, -0.15) is 0 Å². The van der Waals surface area contributed by atoms with Gasteiger partial charge in [0.05, 0.1) is 12.6 Å². The maximum atomic E-state index is 12.0. The number of aliphatic hydroxyl groups excluding tert-OH is 1. The predicted octanol–water partition coefficient (Wildman–Crippen LogP) is 1.09. The number of aliphatic hydroxyl groups is 1. The first-order valence-corrected chi connectivity index (χ1v) is 7.21. The summed E-state index contributed by atoms with van der Waals surface area (Å²) in [6.07, 6.45) is -0.687. The minimum atomic E-state index is -1.08. The molecule has 1 aliphatic rings. The lowest BCUT2D eigenvalue weighted by Crippen LogP contribution is -2.45. The van der Waals surface area contributed by atoms with E-state index in [2.05, 4.69) is 5.32 Å². The number of carbonyl (C=O) groups is 2. The zero-order chi connectivity index (χ0) is 14.9. The highest BCUT2D eigenvalue weighted by atomic mass is 32.1. The van der Waals surface area contributed by atoms with Crippen molar-refractivity contribution >= 4 is 23.3 Å². The number of carbonyl (C=O) groups excluding carboxylic acids is 1. The standard InChI is InChI=1S/C13H18N2O4S/c1-7-3-10(20-8(7)2)5-14-13(19)15-6-9(16)4-11(15)12(17)18/h3,9,11,16H,4-6H2,1-2H3,(H,14,19)(H,17,18)/t9-,11-/m0/s1. The summed E-state index contributed by atoms with van der Waals surface area (Å²) in [6.45, 7) is 4.46. The summed E-state index contributed by atoms with van der Waals surface area (Å²) in [6, 6.07) is 0.614. The number of amides is 2. The van der Waals surface area contributed by atoms with Crippen LogP contribution in [0.2, 0.25) is 0 Å². The maximum Gasteiger partial charge on any atom is 0.326 e. The van der Waals surface area contributed by atoms with E-state index in [1.807, 2.05) is 19.9 Å². The summed E-state index contributed by atoms with van der Waals surface area (Å²) in [5.74, 6) is -1.08. The van der Waals surface area contributed by atoms with Gasteiger partial charge in [-0.25, -0.2) is 9.59 Å². The SMILES string of the molecule is Cc1cc(CNC(=O)N2C[C@@H](O)C[C@H]2C(=O)O)sc1C. The van der Waals surface area contributed by atoms with E-state index >= 15 is 0 Å². The summed E-state index contributed by atoms with van der Waals surface area (Å²) < 4.78 is 0. The van der Waals surface area contributed by atoms with Crippen LogP contribution in [0.25, 0.3) is 0 Å². The monoisotopic (exact) mass is 298 g/mol. The van der Waals surface area contributed by atoms with Gasteiger partial charge in [0, 0.05) is 22.7 Å². The Bertz CT molecular complexity index is 509. The molecule has 0 saturated carbocycles. The van der Waals surface area contributed by atoms with Crippen molar-refractivity contribution in [1.29, 1.82) is 0 Å². The Morgan fingerprint density at radius 3 is 2.75 bits per heavy atom. The number of carboxylic acids is 1. The Morgan fingerprint density at radius 2 is 2.20 bits per heavy atom. The van der Waals surface area contributed by atoms with Crippen molar-refractivity contribution in [1.82, 2.24) is 10.2 Å². The Hall–Kier alpha value is -1.60. The smallest absolute Gasteiger partial charge is 0.326 e. The van der Waals surface area contributed by atoms with Crippen molar-refractivity contribution < 1.29 is 19.8 Å². The molecule has 6 nitrogen and oxygen atoms in total. The van der Waals surface area contributed by atoms with Crippen molar-refractivity contribution in [2.24, 2.45) is 0 Å². The molecule has 0 aliphatic carbocycles. The molecule has 2 amide bonds. The van der Waals surface area contributed by atoms with Crippen LogP contribution in [0.3, 0.4) is 0 Å². The summed E-state index contributed by atoms with van der Waals surface area (Å²) >= 11 is 1.61. The second-order valence-electron chi connectivity index (χ2n) is 5.01. The number of hydrogen-bond acceptors (Lipinski definition) is 4. The minimum absolute atomic E-state index is 0.0608. The van der Waals surface area contributed by atoms with Crippen LogP contribution in [0, 0.1) is 13.8 Å². The third-order valence-corrected chi connectivity index (χ3v) is 4.61. The fraction of sp³-hybridized carbons (Fsp3) is 0.538. The average molecular weight is 298 g/mol. The second kappa shape index (κ2) is 5.80. The molecule has 7 heteroatoms. The number of rotatable bonds is 3. The van der Waals surface area contributed by atoms with Crippen LogP contribution in [-0.4, -0.2) is 45.8 Å². The Labute approximate surface area is 121 Å². The van der Waals surface area contributed by atoms with Crippen LogP contribution in [-0.2, 0) is 11.3 Å². The molecule has 0 aromatic carbocycles. The quantitative estimate of drug-likeness (QED) is 0.779. The van der Waals surface area contributed by atoms with Crippen LogP contribution in [0.15, 0.2) is 6.07 Å². The average Bonchev–Trinajstić information content (AvgIpc) is 2.91. The summed E-state index contributed by atoms with van der Waals surface area (Å²) in [5, 5.41) is 21.3. The number of likely N-dealkylation sites (tertiary alicyclic amines) is 1. The van der Waals surface area contributed by atoms with Crippen LogP contribution >= 0.6 is 11.3 Å². The second-order valence-corrected chi connectivity index (χ2v) is 6.35. The normalized spacial score (nSPS) is 22.1. The predicted molar refractivity (Wildman–Crippen MR) is 74.8 cm³/mol.